The molecule has 0 spiro atoms. The van der Waals surface area contributed by atoms with Crippen molar-refractivity contribution < 1.29 is 9.90 Å². The first-order valence-electron chi connectivity index (χ1n) is 7.80. The van der Waals surface area contributed by atoms with Gasteiger partial charge in [-0.15, -0.1) is 0 Å². The monoisotopic (exact) mass is 273 g/mol. The second kappa shape index (κ2) is 5.57. The fourth-order valence-corrected chi connectivity index (χ4v) is 3.05. The number of aliphatic hydroxyl groups is 1. The Bertz CT molecular complexity index is 508. The lowest BCUT2D eigenvalue weighted by atomic mass is 9.85. The molecule has 0 radical (unpaired) electrons. The van der Waals surface area contributed by atoms with Gasteiger partial charge in [0.05, 0.1) is 12.1 Å². The summed E-state index contributed by atoms with van der Waals surface area (Å²) in [4.78, 5) is 12.0. The van der Waals surface area contributed by atoms with Crippen molar-refractivity contribution in [2.45, 2.75) is 57.6 Å². The van der Waals surface area contributed by atoms with Gasteiger partial charge in [-0.3, -0.25) is 4.79 Å². The normalized spacial score (nSPS) is 23.0. The molecule has 3 rings (SSSR count). The number of fused-ring (bicyclic) bond motifs is 1. The summed E-state index contributed by atoms with van der Waals surface area (Å²) >= 11 is 0. The maximum absolute atomic E-state index is 12.0. The minimum Gasteiger partial charge on any atom is -0.388 e. The third kappa shape index (κ3) is 2.73. The number of nitrogens with one attached hydrogen (secondary N) is 1. The molecule has 2 aliphatic rings. The Morgan fingerprint density at radius 1 is 1.40 bits per heavy atom. The zero-order valence-corrected chi connectivity index (χ0v) is 12.1. The third-order valence-corrected chi connectivity index (χ3v) is 4.52. The molecule has 3 nitrogen and oxygen atoms in total. The number of hydrogen-bond acceptors (Lipinski definition) is 2. The van der Waals surface area contributed by atoms with Crippen LogP contribution in [0.1, 0.15) is 67.9 Å². The Balaban J connectivity index is 1.83. The van der Waals surface area contributed by atoms with Crippen LogP contribution in [0.3, 0.4) is 0 Å². The van der Waals surface area contributed by atoms with E-state index in [1.165, 1.54) is 11.1 Å². The molecular formula is C17H23NO2. The van der Waals surface area contributed by atoms with Gasteiger partial charge in [-0.25, -0.2) is 0 Å². The first-order valence-corrected chi connectivity index (χ1v) is 7.80. The van der Waals surface area contributed by atoms with Crippen LogP contribution in [0.15, 0.2) is 18.2 Å². The number of rotatable bonds is 4. The molecule has 3 heteroatoms. The summed E-state index contributed by atoms with van der Waals surface area (Å²) in [5.41, 5.74) is 3.51. The largest absolute Gasteiger partial charge is 0.388 e. The Kier molecular flexibility index (Phi) is 3.79. The molecule has 1 aromatic rings. The molecule has 108 valence electrons. The number of benzene rings is 1. The van der Waals surface area contributed by atoms with Crippen molar-refractivity contribution in [3.05, 3.63) is 34.9 Å². The summed E-state index contributed by atoms with van der Waals surface area (Å²) in [6.45, 7) is 1.98. The van der Waals surface area contributed by atoms with Crippen LogP contribution >= 0.6 is 0 Å². The van der Waals surface area contributed by atoms with Crippen molar-refractivity contribution in [1.82, 2.24) is 5.32 Å². The summed E-state index contributed by atoms with van der Waals surface area (Å²) in [5.74, 6) is 0.467. The van der Waals surface area contributed by atoms with Crippen molar-refractivity contribution in [2.75, 3.05) is 0 Å². The zero-order chi connectivity index (χ0) is 14.1. The highest BCUT2D eigenvalue weighted by atomic mass is 16.3. The van der Waals surface area contributed by atoms with Crippen molar-refractivity contribution >= 4 is 5.91 Å². The molecule has 2 unspecified atom stereocenters. The van der Waals surface area contributed by atoms with Crippen LogP contribution in [0.4, 0.5) is 0 Å². The molecule has 0 aromatic heterocycles. The Hall–Kier alpha value is -1.35. The van der Waals surface area contributed by atoms with Crippen LogP contribution in [-0.4, -0.2) is 11.0 Å². The highest BCUT2D eigenvalue weighted by molar-refractivity contribution is 5.81. The molecule has 2 atom stereocenters. The predicted octanol–water partition coefficient (Wildman–Crippen LogP) is 3.03. The smallest absolute Gasteiger partial charge is 0.223 e. The molecule has 2 aliphatic carbocycles. The average molecular weight is 273 g/mol. The van der Waals surface area contributed by atoms with Gasteiger partial charge in [0.1, 0.15) is 0 Å². The lowest BCUT2D eigenvalue weighted by Crippen LogP contribution is -2.32. The second-order valence-electron chi connectivity index (χ2n) is 6.11. The van der Waals surface area contributed by atoms with E-state index in [4.69, 9.17) is 0 Å². The molecule has 1 amide bonds. The first kappa shape index (κ1) is 13.6. The molecule has 1 fully saturated rings. The first-order chi connectivity index (χ1) is 9.69. The van der Waals surface area contributed by atoms with Crippen molar-refractivity contribution in [3.63, 3.8) is 0 Å². The third-order valence-electron chi connectivity index (χ3n) is 4.52. The van der Waals surface area contributed by atoms with E-state index in [9.17, 15) is 9.90 Å². The number of carbonyl (C=O) groups is 1. The Morgan fingerprint density at radius 2 is 2.20 bits per heavy atom. The molecule has 1 saturated carbocycles. The van der Waals surface area contributed by atoms with Gasteiger partial charge >= 0.3 is 0 Å². The van der Waals surface area contributed by atoms with Gasteiger partial charge in [-0.05, 0) is 55.2 Å². The van der Waals surface area contributed by atoms with E-state index in [2.05, 4.69) is 17.4 Å². The molecule has 0 heterocycles. The minimum atomic E-state index is -0.401. The van der Waals surface area contributed by atoms with E-state index in [1.54, 1.807) is 0 Å². The van der Waals surface area contributed by atoms with Crippen LogP contribution in [-0.2, 0) is 11.2 Å². The Labute approximate surface area is 120 Å². The van der Waals surface area contributed by atoms with Gasteiger partial charge in [0.15, 0.2) is 0 Å². The summed E-state index contributed by atoms with van der Waals surface area (Å²) in [6, 6.07) is 6.38. The number of carbonyl (C=O) groups excluding carboxylic acids is 1. The molecule has 0 bridgehead atoms. The second-order valence-corrected chi connectivity index (χ2v) is 6.11. The van der Waals surface area contributed by atoms with E-state index in [0.717, 1.165) is 44.1 Å². The summed E-state index contributed by atoms with van der Waals surface area (Å²) < 4.78 is 0. The minimum absolute atomic E-state index is 0.135. The van der Waals surface area contributed by atoms with Crippen LogP contribution in [0.5, 0.6) is 0 Å². The van der Waals surface area contributed by atoms with Crippen molar-refractivity contribution in [2.24, 2.45) is 5.92 Å². The topological polar surface area (TPSA) is 49.3 Å². The van der Waals surface area contributed by atoms with Gasteiger partial charge < -0.3 is 10.4 Å². The van der Waals surface area contributed by atoms with E-state index >= 15 is 0 Å². The number of aryl methyl sites for hydroxylation is 1. The SMILES string of the molecule is CCC(O)c1ccc2c(c1)C(NC(=O)C1CC1)CCC2. The van der Waals surface area contributed by atoms with E-state index in [1.807, 2.05) is 13.0 Å². The summed E-state index contributed by atoms with van der Waals surface area (Å²) in [7, 11) is 0. The molecule has 20 heavy (non-hydrogen) atoms. The van der Waals surface area contributed by atoms with E-state index in [0.29, 0.717) is 0 Å². The molecular weight excluding hydrogens is 250 g/mol. The molecule has 0 saturated heterocycles. The fourth-order valence-electron chi connectivity index (χ4n) is 3.05. The zero-order valence-electron chi connectivity index (χ0n) is 12.1. The van der Waals surface area contributed by atoms with Gasteiger partial charge in [-0.1, -0.05) is 25.1 Å². The fraction of sp³-hybridized carbons (Fsp3) is 0.588. The van der Waals surface area contributed by atoms with Crippen LogP contribution < -0.4 is 5.32 Å². The number of amides is 1. The molecule has 2 N–H and O–H groups in total. The van der Waals surface area contributed by atoms with Crippen LogP contribution in [0.25, 0.3) is 0 Å². The highest BCUT2D eigenvalue weighted by Crippen LogP contribution is 2.34. The van der Waals surface area contributed by atoms with Crippen LogP contribution in [0.2, 0.25) is 0 Å². The average Bonchev–Trinajstić information content (AvgIpc) is 3.31. The van der Waals surface area contributed by atoms with Crippen LogP contribution in [0, 0.1) is 5.92 Å². The van der Waals surface area contributed by atoms with Gasteiger partial charge in [0, 0.05) is 5.92 Å². The lowest BCUT2D eigenvalue weighted by molar-refractivity contribution is -0.123. The van der Waals surface area contributed by atoms with Gasteiger partial charge in [0.2, 0.25) is 5.91 Å². The maximum Gasteiger partial charge on any atom is 0.223 e. The number of aliphatic hydroxyl groups excluding tert-OH is 1. The molecule has 1 aromatic carbocycles. The van der Waals surface area contributed by atoms with Crippen molar-refractivity contribution in [1.29, 1.82) is 0 Å². The van der Waals surface area contributed by atoms with Gasteiger partial charge in [-0.2, -0.15) is 0 Å². The molecule has 0 aliphatic heterocycles. The quantitative estimate of drug-likeness (QED) is 0.886. The Morgan fingerprint density at radius 3 is 2.90 bits per heavy atom. The standard InChI is InChI=1S/C17H23NO2/c1-2-16(19)13-9-6-11-4-3-5-15(14(11)10-13)18-17(20)12-7-8-12/h6,9-10,12,15-16,19H,2-5,7-8H2,1H3,(H,18,20). The maximum atomic E-state index is 12.0. The highest BCUT2D eigenvalue weighted by Gasteiger charge is 2.32. The van der Waals surface area contributed by atoms with E-state index < -0.39 is 6.10 Å². The lowest BCUT2D eigenvalue weighted by Gasteiger charge is -2.27. The van der Waals surface area contributed by atoms with E-state index in [-0.39, 0.29) is 17.9 Å². The van der Waals surface area contributed by atoms with Crippen molar-refractivity contribution in [3.8, 4) is 0 Å². The number of hydrogen-bond donors (Lipinski definition) is 2. The summed E-state index contributed by atoms with van der Waals surface area (Å²) in [6.07, 6.45) is 5.61. The predicted molar refractivity (Wildman–Crippen MR) is 78.2 cm³/mol. The summed E-state index contributed by atoms with van der Waals surface area (Å²) in [5, 5.41) is 13.2. The van der Waals surface area contributed by atoms with Gasteiger partial charge in [0.25, 0.3) is 0 Å².